The highest BCUT2D eigenvalue weighted by Gasteiger charge is 2.12. The Kier molecular flexibility index (Phi) is 6.81. The lowest BCUT2D eigenvalue weighted by molar-refractivity contribution is 0.0793. The van der Waals surface area contributed by atoms with Gasteiger partial charge in [-0.2, -0.15) is 0 Å². The van der Waals surface area contributed by atoms with E-state index < -0.39 is 0 Å². The summed E-state index contributed by atoms with van der Waals surface area (Å²) in [6.07, 6.45) is 5.53. The van der Waals surface area contributed by atoms with Gasteiger partial charge in [0.25, 0.3) is 5.91 Å². The summed E-state index contributed by atoms with van der Waals surface area (Å²) >= 11 is 0. The molecule has 0 aliphatic heterocycles. The van der Waals surface area contributed by atoms with Crippen molar-refractivity contribution in [3.05, 3.63) is 48.3 Å². The van der Waals surface area contributed by atoms with Crippen molar-refractivity contribution in [2.75, 3.05) is 18.9 Å². The fourth-order valence-corrected chi connectivity index (χ4v) is 2.40. The van der Waals surface area contributed by atoms with Gasteiger partial charge in [-0.15, -0.1) is 0 Å². The smallest absolute Gasteiger partial charge is 0.255 e. The van der Waals surface area contributed by atoms with Crippen molar-refractivity contribution >= 4 is 17.3 Å². The van der Waals surface area contributed by atoms with Gasteiger partial charge in [-0.05, 0) is 50.6 Å². The van der Waals surface area contributed by atoms with Crippen LogP contribution in [0.3, 0.4) is 0 Å². The maximum absolute atomic E-state index is 12.4. The minimum atomic E-state index is -0.00900. The zero-order valence-electron chi connectivity index (χ0n) is 15.5. The molecule has 5 nitrogen and oxygen atoms in total. The van der Waals surface area contributed by atoms with Crippen LogP contribution in [0, 0.1) is 0 Å². The predicted molar refractivity (Wildman–Crippen MR) is 102 cm³/mol. The monoisotopic (exact) mass is 341 g/mol. The Morgan fingerprint density at radius 2 is 1.92 bits per heavy atom. The Labute approximate surface area is 150 Å². The second kappa shape index (κ2) is 9.06. The first-order valence-corrected chi connectivity index (χ1v) is 8.74. The molecule has 0 bridgehead atoms. The summed E-state index contributed by atoms with van der Waals surface area (Å²) in [4.78, 5) is 18.4. The standard InChI is InChI=1S/C20H27N3O2/c1-5-6-11-23(4)20(24)16-12-18(14-21-13-16)22-17-7-9-19(10-8-17)25-15(2)3/h7-10,12-15,22H,5-6,11H2,1-4H3. The van der Waals surface area contributed by atoms with Crippen LogP contribution in [0.5, 0.6) is 5.75 Å². The van der Waals surface area contributed by atoms with Gasteiger partial charge in [0.15, 0.2) is 0 Å². The van der Waals surface area contributed by atoms with E-state index in [1.54, 1.807) is 17.3 Å². The third-order valence-corrected chi connectivity index (χ3v) is 3.69. The molecule has 1 aromatic carbocycles. The summed E-state index contributed by atoms with van der Waals surface area (Å²) in [5.74, 6) is 0.824. The lowest BCUT2D eigenvalue weighted by Crippen LogP contribution is -2.27. The van der Waals surface area contributed by atoms with Crippen molar-refractivity contribution in [2.24, 2.45) is 0 Å². The number of nitrogens with one attached hydrogen (secondary N) is 1. The van der Waals surface area contributed by atoms with Crippen LogP contribution >= 0.6 is 0 Å². The number of benzene rings is 1. The van der Waals surface area contributed by atoms with E-state index in [4.69, 9.17) is 4.74 Å². The lowest BCUT2D eigenvalue weighted by Gasteiger charge is -2.17. The van der Waals surface area contributed by atoms with Gasteiger partial charge in [0.1, 0.15) is 5.75 Å². The first-order valence-electron chi connectivity index (χ1n) is 8.74. The Balaban J connectivity index is 2.04. The molecule has 0 fully saturated rings. The average molecular weight is 341 g/mol. The van der Waals surface area contributed by atoms with Gasteiger partial charge < -0.3 is 15.0 Å². The topological polar surface area (TPSA) is 54.5 Å². The second-order valence-corrected chi connectivity index (χ2v) is 6.36. The minimum Gasteiger partial charge on any atom is -0.491 e. The second-order valence-electron chi connectivity index (χ2n) is 6.36. The SMILES string of the molecule is CCCCN(C)C(=O)c1cncc(Nc2ccc(OC(C)C)cc2)c1. The van der Waals surface area contributed by atoms with Gasteiger partial charge in [0.05, 0.1) is 23.6 Å². The summed E-state index contributed by atoms with van der Waals surface area (Å²) in [6, 6.07) is 9.56. The molecule has 5 heteroatoms. The van der Waals surface area contributed by atoms with Crippen molar-refractivity contribution in [2.45, 2.75) is 39.7 Å². The van der Waals surface area contributed by atoms with Crippen molar-refractivity contribution in [1.82, 2.24) is 9.88 Å². The maximum atomic E-state index is 12.4. The van der Waals surface area contributed by atoms with Crippen LogP contribution in [0.25, 0.3) is 0 Å². The molecule has 1 N–H and O–H groups in total. The van der Waals surface area contributed by atoms with E-state index >= 15 is 0 Å². The molecule has 1 aromatic heterocycles. The normalized spacial score (nSPS) is 10.6. The first-order chi connectivity index (χ1) is 12.0. The molecule has 1 amide bonds. The summed E-state index contributed by atoms with van der Waals surface area (Å²) in [7, 11) is 1.82. The first kappa shape index (κ1) is 18.8. The Morgan fingerprint density at radius 1 is 1.20 bits per heavy atom. The van der Waals surface area contributed by atoms with Crippen molar-refractivity contribution in [3.63, 3.8) is 0 Å². The molecule has 25 heavy (non-hydrogen) atoms. The van der Waals surface area contributed by atoms with Crippen LogP contribution in [0.4, 0.5) is 11.4 Å². The number of anilines is 2. The quantitative estimate of drug-likeness (QED) is 0.769. The largest absolute Gasteiger partial charge is 0.491 e. The highest BCUT2D eigenvalue weighted by Crippen LogP contribution is 2.21. The van der Waals surface area contributed by atoms with Crippen LogP contribution in [-0.2, 0) is 0 Å². The fourth-order valence-electron chi connectivity index (χ4n) is 2.40. The van der Waals surface area contributed by atoms with Crippen molar-refractivity contribution in [3.8, 4) is 5.75 Å². The number of nitrogens with zero attached hydrogens (tertiary/aromatic N) is 2. The van der Waals surface area contributed by atoms with E-state index in [0.717, 1.165) is 36.5 Å². The molecular weight excluding hydrogens is 314 g/mol. The summed E-state index contributed by atoms with van der Waals surface area (Å²) in [5.41, 5.74) is 2.29. The number of aromatic nitrogens is 1. The van der Waals surface area contributed by atoms with Gasteiger partial charge in [0.2, 0.25) is 0 Å². The number of hydrogen-bond donors (Lipinski definition) is 1. The van der Waals surface area contributed by atoms with Crippen LogP contribution in [0.1, 0.15) is 44.0 Å². The number of rotatable bonds is 8. The molecule has 1 heterocycles. The molecule has 0 atom stereocenters. The number of amides is 1. The summed E-state index contributed by atoms with van der Waals surface area (Å²) < 4.78 is 5.64. The Morgan fingerprint density at radius 3 is 2.56 bits per heavy atom. The van der Waals surface area contributed by atoms with Gasteiger partial charge in [0, 0.05) is 25.5 Å². The minimum absolute atomic E-state index is 0.00900. The molecule has 0 saturated heterocycles. The predicted octanol–water partition coefficient (Wildman–Crippen LogP) is 4.48. The molecule has 0 aliphatic rings. The van der Waals surface area contributed by atoms with Gasteiger partial charge in [-0.3, -0.25) is 9.78 Å². The molecule has 134 valence electrons. The molecular formula is C20H27N3O2. The van der Waals surface area contributed by atoms with Gasteiger partial charge in [-0.25, -0.2) is 0 Å². The fraction of sp³-hybridized carbons (Fsp3) is 0.400. The maximum Gasteiger partial charge on any atom is 0.255 e. The number of pyridine rings is 1. The van der Waals surface area contributed by atoms with Crippen molar-refractivity contribution in [1.29, 1.82) is 0 Å². The highest BCUT2D eigenvalue weighted by atomic mass is 16.5. The summed E-state index contributed by atoms with van der Waals surface area (Å²) in [5, 5.41) is 3.27. The third-order valence-electron chi connectivity index (χ3n) is 3.69. The zero-order valence-corrected chi connectivity index (χ0v) is 15.5. The van der Waals surface area contributed by atoms with Crippen LogP contribution in [0.15, 0.2) is 42.7 Å². The molecule has 0 saturated carbocycles. The van der Waals surface area contributed by atoms with E-state index in [9.17, 15) is 4.79 Å². The Bertz CT molecular complexity index is 684. The van der Waals surface area contributed by atoms with Crippen molar-refractivity contribution < 1.29 is 9.53 Å². The van der Waals surface area contributed by atoms with E-state index in [-0.39, 0.29) is 12.0 Å². The molecule has 0 spiro atoms. The highest BCUT2D eigenvalue weighted by molar-refractivity contribution is 5.94. The number of carbonyl (C=O) groups is 1. The number of unbranched alkanes of at least 4 members (excludes halogenated alkanes) is 1. The van der Waals surface area contributed by atoms with Crippen LogP contribution in [0.2, 0.25) is 0 Å². The van der Waals surface area contributed by atoms with Crippen LogP contribution in [-0.4, -0.2) is 35.5 Å². The van der Waals surface area contributed by atoms with E-state index in [0.29, 0.717) is 5.56 Å². The van der Waals surface area contributed by atoms with E-state index in [1.165, 1.54) is 0 Å². The van der Waals surface area contributed by atoms with Gasteiger partial charge in [-0.1, -0.05) is 13.3 Å². The molecule has 0 aliphatic carbocycles. The molecule has 2 aromatic rings. The van der Waals surface area contributed by atoms with Crippen LogP contribution < -0.4 is 10.1 Å². The molecule has 0 radical (unpaired) electrons. The molecule has 0 unspecified atom stereocenters. The molecule has 2 rings (SSSR count). The van der Waals surface area contributed by atoms with E-state index in [2.05, 4.69) is 17.2 Å². The van der Waals surface area contributed by atoms with Gasteiger partial charge >= 0.3 is 0 Å². The summed E-state index contributed by atoms with van der Waals surface area (Å²) in [6.45, 7) is 6.86. The Hall–Kier alpha value is -2.56. The number of carbonyl (C=O) groups excluding carboxylic acids is 1. The number of hydrogen-bond acceptors (Lipinski definition) is 4. The third kappa shape index (κ3) is 5.78. The number of ether oxygens (including phenoxy) is 1. The van der Waals surface area contributed by atoms with E-state index in [1.807, 2.05) is 51.2 Å². The lowest BCUT2D eigenvalue weighted by atomic mass is 10.2. The average Bonchev–Trinajstić information content (AvgIpc) is 2.60. The zero-order chi connectivity index (χ0) is 18.2.